The van der Waals surface area contributed by atoms with E-state index in [0.29, 0.717) is 6.54 Å². The van der Waals surface area contributed by atoms with Crippen molar-refractivity contribution in [2.75, 3.05) is 0 Å². The molecule has 0 aliphatic heterocycles. The van der Waals surface area contributed by atoms with Crippen LogP contribution in [0.5, 0.6) is 5.75 Å². The molecule has 2 aromatic carbocycles. The Morgan fingerprint density at radius 3 is 2.36 bits per heavy atom. The van der Waals surface area contributed by atoms with Crippen LogP contribution in [0.1, 0.15) is 36.6 Å². The van der Waals surface area contributed by atoms with Crippen LogP contribution in [0.25, 0.3) is 0 Å². The van der Waals surface area contributed by atoms with E-state index in [9.17, 15) is 8.78 Å². The fourth-order valence-corrected chi connectivity index (χ4v) is 2.28. The molecule has 0 amide bonds. The van der Waals surface area contributed by atoms with Crippen LogP contribution in [0.3, 0.4) is 0 Å². The Bertz CT molecular complexity index is 584. The molecule has 0 fully saturated rings. The van der Waals surface area contributed by atoms with Gasteiger partial charge in [0.25, 0.3) is 0 Å². The molecular weight excluding hydrogens is 284 g/mol. The molecule has 0 radical (unpaired) electrons. The van der Waals surface area contributed by atoms with Gasteiger partial charge in [-0.3, -0.25) is 0 Å². The van der Waals surface area contributed by atoms with Crippen LogP contribution < -0.4 is 10.1 Å². The first-order valence-corrected chi connectivity index (χ1v) is 7.45. The summed E-state index contributed by atoms with van der Waals surface area (Å²) in [6, 6.07) is 15.4. The summed E-state index contributed by atoms with van der Waals surface area (Å²) in [6.07, 6.45) is 1.01. The zero-order valence-corrected chi connectivity index (χ0v) is 12.9. The van der Waals surface area contributed by atoms with E-state index in [2.05, 4.69) is 48.2 Å². The Kier molecular flexibility index (Phi) is 5.90. The molecule has 0 aliphatic rings. The molecule has 22 heavy (non-hydrogen) atoms. The van der Waals surface area contributed by atoms with Crippen LogP contribution >= 0.6 is 0 Å². The molecule has 4 heteroatoms. The van der Waals surface area contributed by atoms with Gasteiger partial charge in [0.15, 0.2) is 0 Å². The average molecular weight is 305 g/mol. The van der Waals surface area contributed by atoms with Gasteiger partial charge < -0.3 is 10.1 Å². The minimum absolute atomic E-state index is 0.130. The minimum Gasteiger partial charge on any atom is -0.434 e. The van der Waals surface area contributed by atoms with Crippen LogP contribution in [-0.4, -0.2) is 6.61 Å². The summed E-state index contributed by atoms with van der Waals surface area (Å²) in [7, 11) is 0. The van der Waals surface area contributed by atoms with Gasteiger partial charge in [-0.15, -0.1) is 0 Å². The third kappa shape index (κ3) is 4.53. The van der Waals surface area contributed by atoms with E-state index in [-0.39, 0.29) is 11.8 Å². The highest BCUT2D eigenvalue weighted by atomic mass is 19.3. The number of ether oxygens (including phenoxy) is 1. The SMILES string of the molecule is CCc1ccc(C(C)NCc2ccccc2OC(F)F)cc1. The molecule has 2 aromatic rings. The van der Waals surface area contributed by atoms with E-state index >= 15 is 0 Å². The predicted octanol–water partition coefficient (Wildman–Crippen LogP) is 4.70. The van der Waals surface area contributed by atoms with Gasteiger partial charge in [-0.1, -0.05) is 49.4 Å². The molecule has 0 spiro atoms. The highest BCUT2D eigenvalue weighted by Gasteiger charge is 2.10. The van der Waals surface area contributed by atoms with Gasteiger partial charge >= 0.3 is 6.61 Å². The molecular formula is C18H21F2NO. The maximum absolute atomic E-state index is 12.4. The van der Waals surface area contributed by atoms with Crippen molar-refractivity contribution in [1.82, 2.24) is 5.32 Å². The van der Waals surface area contributed by atoms with E-state index in [4.69, 9.17) is 0 Å². The molecule has 0 bridgehead atoms. The summed E-state index contributed by atoms with van der Waals surface area (Å²) in [5.41, 5.74) is 3.19. The molecule has 118 valence electrons. The predicted molar refractivity (Wildman–Crippen MR) is 84.1 cm³/mol. The van der Waals surface area contributed by atoms with Crippen molar-refractivity contribution in [3.8, 4) is 5.75 Å². The zero-order chi connectivity index (χ0) is 15.9. The first-order chi connectivity index (χ1) is 10.6. The smallest absolute Gasteiger partial charge is 0.387 e. The maximum Gasteiger partial charge on any atom is 0.387 e. The van der Waals surface area contributed by atoms with Gasteiger partial charge in [-0.05, 0) is 30.5 Å². The highest BCUT2D eigenvalue weighted by Crippen LogP contribution is 2.21. The molecule has 2 nitrogen and oxygen atoms in total. The quantitative estimate of drug-likeness (QED) is 0.800. The minimum atomic E-state index is -2.81. The molecule has 1 atom stereocenters. The molecule has 0 saturated heterocycles. The summed E-state index contributed by atoms with van der Waals surface area (Å²) < 4.78 is 29.3. The second-order valence-corrected chi connectivity index (χ2v) is 5.18. The zero-order valence-electron chi connectivity index (χ0n) is 12.9. The summed E-state index contributed by atoms with van der Waals surface area (Å²) in [5, 5.41) is 3.34. The highest BCUT2D eigenvalue weighted by molar-refractivity contribution is 5.33. The third-order valence-electron chi connectivity index (χ3n) is 3.68. The number of hydrogen-bond acceptors (Lipinski definition) is 2. The molecule has 0 aromatic heterocycles. The lowest BCUT2D eigenvalue weighted by Gasteiger charge is -2.16. The van der Waals surface area contributed by atoms with Crippen molar-refractivity contribution in [3.63, 3.8) is 0 Å². The lowest BCUT2D eigenvalue weighted by atomic mass is 10.0. The van der Waals surface area contributed by atoms with Crippen molar-refractivity contribution in [3.05, 3.63) is 65.2 Å². The van der Waals surface area contributed by atoms with Crippen molar-refractivity contribution in [1.29, 1.82) is 0 Å². The lowest BCUT2D eigenvalue weighted by Crippen LogP contribution is -2.19. The number of para-hydroxylation sites is 1. The van der Waals surface area contributed by atoms with Gasteiger partial charge in [0.1, 0.15) is 5.75 Å². The summed E-state index contributed by atoms with van der Waals surface area (Å²) in [6.45, 7) is 1.84. The van der Waals surface area contributed by atoms with Crippen LogP contribution in [0, 0.1) is 0 Å². The molecule has 0 aliphatic carbocycles. The summed E-state index contributed by atoms with van der Waals surface area (Å²) in [5.74, 6) is 0.221. The maximum atomic E-state index is 12.4. The van der Waals surface area contributed by atoms with Crippen LogP contribution in [0.4, 0.5) is 8.78 Å². The van der Waals surface area contributed by atoms with Crippen LogP contribution in [-0.2, 0) is 13.0 Å². The fourth-order valence-electron chi connectivity index (χ4n) is 2.28. The first-order valence-electron chi connectivity index (χ1n) is 7.45. The number of nitrogens with one attached hydrogen (secondary N) is 1. The van der Waals surface area contributed by atoms with E-state index in [1.165, 1.54) is 11.1 Å². The van der Waals surface area contributed by atoms with E-state index in [0.717, 1.165) is 12.0 Å². The number of benzene rings is 2. The Hall–Kier alpha value is -1.94. The monoisotopic (exact) mass is 305 g/mol. The average Bonchev–Trinajstić information content (AvgIpc) is 2.53. The van der Waals surface area contributed by atoms with Crippen molar-refractivity contribution in [2.45, 2.75) is 39.5 Å². The molecule has 1 unspecified atom stereocenters. The number of rotatable bonds is 7. The Morgan fingerprint density at radius 2 is 1.73 bits per heavy atom. The largest absolute Gasteiger partial charge is 0.434 e. The second kappa shape index (κ2) is 7.90. The molecule has 0 heterocycles. The Labute approximate surface area is 130 Å². The van der Waals surface area contributed by atoms with Gasteiger partial charge in [0.05, 0.1) is 0 Å². The van der Waals surface area contributed by atoms with Gasteiger partial charge in [0.2, 0.25) is 0 Å². The van der Waals surface area contributed by atoms with Crippen LogP contribution in [0.2, 0.25) is 0 Å². The number of alkyl halides is 2. The normalized spacial score (nSPS) is 12.4. The summed E-state index contributed by atoms with van der Waals surface area (Å²) >= 11 is 0. The standard InChI is InChI=1S/C18H21F2NO/c1-3-14-8-10-15(11-9-14)13(2)21-12-16-6-4-5-7-17(16)22-18(19)20/h4-11,13,18,21H,3,12H2,1-2H3. The molecule has 0 saturated carbocycles. The van der Waals surface area contributed by atoms with Gasteiger partial charge in [0, 0.05) is 18.2 Å². The third-order valence-corrected chi connectivity index (χ3v) is 3.68. The van der Waals surface area contributed by atoms with E-state index < -0.39 is 6.61 Å². The number of aryl methyl sites for hydroxylation is 1. The van der Waals surface area contributed by atoms with Crippen molar-refractivity contribution < 1.29 is 13.5 Å². The van der Waals surface area contributed by atoms with Gasteiger partial charge in [-0.25, -0.2) is 0 Å². The van der Waals surface area contributed by atoms with E-state index in [1.54, 1.807) is 18.2 Å². The lowest BCUT2D eigenvalue weighted by molar-refractivity contribution is -0.0505. The van der Waals surface area contributed by atoms with Gasteiger partial charge in [-0.2, -0.15) is 8.78 Å². The topological polar surface area (TPSA) is 21.3 Å². The Morgan fingerprint density at radius 1 is 1.05 bits per heavy atom. The number of halogens is 2. The number of hydrogen-bond donors (Lipinski definition) is 1. The first kappa shape index (κ1) is 16.4. The summed E-state index contributed by atoms with van der Waals surface area (Å²) in [4.78, 5) is 0. The van der Waals surface area contributed by atoms with Crippen molar-refractivity contribution >= 4 is 0 Å². The van der Waals surface area contributed by atoms with E-state index in [1.807, 2.05) is 6.07 Å². The molecule has 1 N–H and O–H groups in total. The van der Waals surface area contributed by atoms with Crippen molar-refractivity contribution in [2.24, 2.45) is 0 Å². The second-order valence-electron chi connectivity index (χ2n) is 5.18. The Balaban J connectivity index is 1.99. The fraction of sp³-hybridized carbons (Fsp3) is 0.333. The van der Waals surface area contributed by atoms with Crippen LogP contribution in [0.15, 0.2) is 48.5 Å². The molecule has 2 rings (SSSR count).